The largest absolute Gasteiger partial charge is 0.268 e. The molecular formula is C9H15ClN2. The molecule has 0 aliphatic heterocycles. The van der Waals surface area contributed by atoms with Gasteiger partial charge in [-0.1, -0.05) is 25.4 Å². The van der Waals surface area contributed by atoms with Gasteiger partial charge in [-0.05, 0) is 19.3 Å². The maximum Gasteiger partial charge on any atom is 0.0814 e. The summed E-state index contributed by atoms with van der Waals surface area (Å²) in [6.07, 6.45) is 2.86. The molecule has 3 heteroatoms. The third-order valence-electron chi connectivity index (χ3n) is 1.96. The smallest absolute Gasteiger partial charge is 0.0814 e. The summed E-state index contributed by atoms with van der Waals surface area (Å²) in [5.41, 5.74) is 1.07. The minimum atomic E-state index is 0.715. The van der Waals surface area contributed by atoms with Crippen LogP contribution in [0.15, 0.2) is 6.20 Å². The van der Waals surface area contributed by atoms with Crippen LogP contribution in [0.5, 0.6) is 0 Å². The first-order valence-corrected chi connectivity index (χ1v) is 4.67. The number of nitrogens with zero attached hydrogens (tertiary/aromatic N) is 2. The maximum atomic E-state index is 5.86. The molecule has 1 aromatic heterocycles. The number of aromatic nitrogens is 2. The Morgan fingerprint density at radius 1 is 1.58 bits per heavy atom. The van der Waals surface area contributed by atoms with E-state index in [1.165, 1.54) is 0 Å². The minimum Gasteiger partial charge on any atom is -0.268 e. The highest BCUT2D eigenvalue weighted by Gasteiger charge is 2.03. The molecule has 0 aromatic carbocycles. The van der Waals surface area contributed by atoms with Gasteiger partial charge in [-0.15, -0.1) is 0 Å². The summed E-state index contributed by atoms with van der Waals surface area (Å²) >= 11 is 5.86. The lowest BCUT2D eigenvalue weighted by Gasteiger charge is -2.06. The summed E-state index contributed by atoms with van der Waals surface area (Å²) in [5.74, 6) is 0.715. The van der Waals surface area contributed by atoms with Crippen LogP contribution in [-0.2, 0) is 6.54 Å². The molecule has 0 aliphatic carbocycles. The van der Waals surface area contributed by atoms with Gasteiger partial charge in [0.2, 0.25) is 0 Å². The monoisotopic (exact) mass is 186 g/mol. The Bertz CT molecular complexity index is 253. The van der Waals surface area contributed by atoms with Gasteiger partial charge in [0, 0.05) is 6.54 Å². The molecule has 68 valence electrons. The maximum absolute atomic E-state index is 5.86. The Hall–Kier alpha value is -0.500. The third kappa shape index (κ3) is 2.24. The molecule has 0 saturated heterocycles. The van der Waals surface area contributed by atoms with E-state index in [0.29, 0.717) is 5.92 Å². The molecule has 0 atom stereocenters. The lowest BCUT2D eigenvalue weighted by molar-refractivity contribution is 0.480. The first-order chi connectivity index (χ1) is 5.61. The van der Waals surface area contributed by atoms with E-state index in [9.17, 15) is 0 Å². The van der Waals surface area contributed by atoms with Gasteiger partial charge in [0.15, 0.2) is 0 Å². The predicted octanol–water partition coefficient (Wildman–Crippen LogP) is 2.89. The Labute approximate surface area is 78.5 Å². The van der Waals surface area contributed by atoms with Gasteiger partial charge in [0.05, 0.1) is 16.9 Å². The van der Waals surface area contributed by atoms with Crippen LogP contribution in [0.25, 0.3) is 0 Å². The van der Waals surface area contributed by atoms with Crippen molar-refractivity contribution in [2.75, 3.05) is 0 Å². The summed E-state index contributed by atoms with van der Waals surface area (Å²) in [5, 5.41) is 4.93. The van der Waals surface area contributed by atoms with Crippen molar-refractivity contribution < 1.29 is 0 Å². The van der Waals surface area contributed by atoms with Gasteiger partial charge in [-0.2, -0.15) is 5.10 Å². The van der Waals surface area contributed by atoms with E-state index in [1.54, 1.807) is 6.20 Å². The molecule has 0 bridgehead atoms. The first kappa shape index (κ1) is 9.59. The van der Waals surface area contributed by atoms with Crippen LogP contribution in [0.4, 0.5) is 0 Å². The van der Waals surface area contributed by atoms with Crippen molar-refractivity contribution >= 4 is 11.6 Å². The number of halogens is 1. The zero-order chi connectivity index (χ0) is 9.14. The molecule has 0 fully saturated rings. The highest BCUT2D eigenvalue weighted by atomic mass is 35.5. The molecule has 1 rings (SSSR count). The van der Waals surface area contributed by atoms with Crippen LogP contribution in [0, 0.1) is 12.8 Å². The second-order valence-electron chi connectivity index (χ2n) is 3.48. The number of aryl methyl sites for hydroxylation is 1. The van der Waals surface area contributed by atoms with E-state index in [4.69, 9.17) is 11.6 Å². The number of hydrogen-bond acceptors (Lipinski definition) is 1. The van der Waals surface area contributed by atoms with Crippen molar-refractivity contribution in [2.24, 2.45) is 5.92 Å². The van der Waals surface area contributed by atoms with Gasteiger partial charge < -0.3 is 0 Å². The highest BCUT2D eigenvalue weighted by Crippen LogP contribution is 2.14. The summed E-state index contributed by atoms with van der Waals surface area (Å²) in [7, 11) is 0. The lowest BCUT2D eigenvalue weighted by Crippen LogP contribution is -2.04. The third-order valence-corrected chi connectivity index (χ3v) is 2.33. The summed E-state index contributed by atoms with van der Waals surface area (Å²) in [6, 6.07) is 0. The summed E-state index contributed by atoms with van der Waals surface area (Å²) < 4.78 is 1.96. The van der Waals surface area contributed by atoms with Gasteiger partial charge in [0.25, 0.3) is 0 Å². The SMILES string of the molecule is Cc1c(Cl)cnn1CCC(C)C. The van der Waals surface area contributed by atoms with Crippen LogP contribution in [0.3, 0.4) is 0 Å². The van der Waals surface area contributed by atoms with Gasteiger partial charge in [-0.25, -0.2) is 0 Å². The van der Waals surface area contributed by atoms with Crippen molar-refractivity contribution in [3.63, 3.8) is 0 Å². The molecule has 0 aliphatic rings. The van der Waals surface area contributed by atoms with Crippen LogP contribution >= 0.6 is 11.6 Å². The predicted molar refractivity (Wildman–Crippen MR) is 51.4 cm³/mol. The van der Waals surface area contributed by atoms with E-state index in [2.05, 4.69) is 18.9 Å². The van der Waals surface area contributed by atoms with Crippen LogP contribution in [0.1, 0.15) is 26.0 Å². The van der Waals surface area contributed by atoms with E-state index >= 15 is 0 Å². The molecule has 0 unspecified atom stereocenters. The number of hydrogen-bond donors (Lipinski definition) is 0. The van der Waals surface area contributed by atoms with Crippen molar-refractivity contribution in [1.29, 1.82) is 0 Å². The zero-order valence-corrected chi connectivity index (χ0v) is 8.60. The van der Waals surface area contributed by atoms with Gasteiger partial charge >= 0.3 is 0 Å². The fourth-order valence-corrected chi connectivity index (χ4v) is 1.17. The minimum absolute atomic E-state index is 0.715. The van der Waals surface area contributed by atoms with E-state index < -0.39 is 0 Å². The molecule has 2 nitrogen and oxygen atoms in total. The Kier molecular flexibility index (Phi) is 3.15. The van der Waals surface area contributed by atoms with Crippen molar-refractivity contribution in [2.45, 2.75) is 33.7 Å². The molecule has 0 amide bonds. The Morgan fingerprint density at radius 3 is 2.67 bits per heavy atom. The Balaban J connectivity index is 2.58. The standard InChI is InChI=1S/C9H15ClN2/c1-7(2)4-5-12-8(3)9(10)6-11-12/h6-7H,4-5H2,1-3H3. The van der Waals surface area contributed by atoms with Gasteiger partial charge in [0.1, 0.15) is 0 Å². The highest BCUT2D eigenvalue weighted by molar-refractivity contribution is 6.31. The van der Waals surface area contributed by atoms with E-state index in [0.717, 1.165) is 23.7 Å². The van der Waals surface area contributed by atoms with E-state index in [-0.39, 0.29) is 0 Å². The van der Waals surface area contributed by atoms with Crippen LogP contribution in [0.2, 0.25) is 5.02 Å². The molecule has 0 N–H and O–H groups in total. The average molecular weight is 187 g/mol. The fourth-order valence-electron chi connectivity index (χ4n) is 1.03. The second-order valence-corrected chi connectivity index (χ2v) is 3.89. The summed E-state index contributed by atoms with van der Waals surface area (Å²) in [4.78, 5) is 0. The number of rotatable bonds is 3. The summed E-state index contributed by atoms with van der Waals surface area (Å²) in [6.45, 7) is 7.38. The normalized spacial score (nSPS) is 11.1. The molecular weight excluding hydrogens is 172 g/mol. The molecule has 1 heterocycles. The van der Waals surface area contributed by atoms with Gasteiger partial charge in [-0.3, -0.25) is 4.68 Å². The molecule has 0 radical (unpaired) electrons. The quantitative estimate of drug-likeness (QED) is 0.710. The van der Waals surface area contributed by atoms with Crippen LogP contribution in [-0.4, -0.2) is 9.78 Å². The molecule has 0 spiro atoms. The van der Waals surface area contributed by atoms with Crippen molar-refractivity contribution in [3.8, 4) is 0 Å². The van der Waals surface area contributed by atoms with Crippen molar-refractivity contribution in [3.05, 3.63) is 16.9 Å². The van der Waals surface area contributed by atoms with Crippen LogP contribution < -0.4 is 0 Å². The lowest BCUT2D eigenvalue weighted by atomic mass is 10.1. The first-order valence-electron chi connectivity index (χ1n) is 4.29. The second kappa shape index (κ2) is 3.94. The fraction of sp³-hybridized carbons (Fsp3) is 0.667. The molecule has 1 aromatic rings. The average Bonchev–Trinajstić information content (AvgIpc) is 2.30. The Morgan fingerprint density at radius 2 is 2.25 bits per heavy atom. The molecule has 12 heavy (non-hydrogen) atoms. The van der Waals surface area contributed by atoms with Crippen molar-refractivity contribution in [1.82, 2.24) is 9.78 Å². The topological polar surface area (TPSA) is 17.8 Å². The zero-order valence-electron chi connectivity index (χ0n) is 7.84. The molecule has 0 saturated carbocycles. The van der Waals surface area contributed by atoms with E-state index in [1.807, 2.05) is 11.6 Å².